The first-order valence-corrected chi connectivity index (χ1v) is 8.09. The number of hydrogen-bond acceptors (Lipinski definition) is 0. The SMILES string of the molecule is C=C(C(C)C)C(CC)C1C=C(c2cccc(C)c2)C=C1C. The van der Waals surface area contributed by atoms with Crippen LogP contribution < -0.4 is 0 Å². The van der Waals surface area contributed by atoms with Crippen LogP contribution in [0.3, 0.4) is 0 Å². The molecule has 2 unspecified atom stereocenters. The summed E-state index contributed by atoms with van der Waals surface area (Å²) in [5.74, 6) is 1.63. The molecule has 2 atom stereocenters. The topological polar surface area (TPSA) is 0 Å². The summed E-state index contributed by atoms with van der Waals surface area (Å²) in [5.41, 5.74) is 6.89. The summed E-state index contributed by atoms with van der Waals surface area (Å²) in [6, 6.07) is 8.79. The van der Waals surface area contributed by atoms with Crippen molar-refractivity contribution in [1.29, 1.82) is 0 Å². The maximum absolute atomic E-state index is 4.36. The third-order valence-electron chi connectivity index (χ3n) is 4.71. The van der Waals surface area contributed by atoms with Crippen molar-refractivity contribution in [1.82, 2.24) is 0 Å². The molecule has 0 bridgehead atoms. The van der Waals surface area contributed by atoms with Crippen LogP contribution in [0.2, 0.25) is 0 Å². The maximum Gasteiger partial charge on any atom is 0.00519 e. The van der Waals surface area contributed by atoms with Gasteiger partial charge in [-0.1, -0.05) is 80.5 Å². The zero-order chi connectivity index (χ0) is 15.6. The van der Waals surface area contributed by atoms with Gasteiger partial charge in [-0.2, -0.15) is 0 Å². The number of hydrogen-bond donors (Lipinski definition) is 0. The molecular weight excluding hydrogens is 252 g/mol. The van der Waals surface area contributed by atoms with Gasteiger partial charge in [0.15, 0.2) is 0 Å². The Bertz CT molecular complexity index is 584. The van der Waals surface area contributed by atoms with E-state index < -0.39 is 0 Å². The summed E-state index contributed by atoms with van der Waals surface area (Å²) >= 11 is 0. The summed E-state index contributed by atoms with van der Waals surface area (Å²) in [6.07, 6.45) is 5.96. The molecule has 0 saturated carbocycles. The number of aryl methyl sites for hydroxylation is 1. The maximum atomic E-state index is 4.36. The lowest BCUT2D eigenvalue weighted by atomic mass is 9.78. The van der Waals surface area contributed by atoms with E-state index in [1.807, 2.05) is 0 Å². The molecule has 0 radical (unpaired) electrons. The Labute approximate surface area is 130 Å². The highest BCUT2D eigenvalue weighted by Gasteiger charge is 2.27. The third-order valence-corrected chi connectivity index (χ3v) is 4.71. The van der Waals surface area contributed by atoms with Crippen molar-refractivity contribution < 1.29 is 0 Å². The van der Waals surface area contributed by atoms with Crippen LogP contribution in [0.25, 0.3) is 5.57 Å². The lowest BCUT2D eigenvalue weighted by Crippen LogP contribution is -2.17. The predicted octanol–water partition coefficient (Wildman–Crippen LogP) is 6.19. The Morgan fingerprint density at radius 2 is 1.95 bits per heavy atom. The zero-order valence-electron chi connectivity index (χ0n) is 14.1. The highest BCUT2D eigenvalue weighted by atomic mass is 14.3. The van der Waals surface area contributed by atoms with Gasteiger partial charge >= 0.3 is 0 Å². The Morgan fingerprint density at radius 3 is 2.52 bits per heavy atom. The minimum atomic E-state index is 0.514. The van der Waals surface area contributed by atoms with Gasteiger partial charge in [-0.05, 0) is 43.2 Å². The van der Waals surface area contributed by atoms with Crippen molar-refractivity contribution in [2.45, 2.75) is 41.0 Å². The van der Waals surface area contributed by atoms with Crippen LogP contribution in [0, 0.1) is 24.7 Å². The minimum absolute atomic E-state index is 0.514. The third kappa shape index (κ3) is 3.37. The van der Waals surface area contributed by atoms with Crippen LogP contribution in [0.5, 0.6) is 0 Å². The summed E-state index contributed by atoms with van der Waals surface area (Å²) in [6.45, 7) is 15.6. The van der Waals surface area contributed by atoms with Crippen molar-refractivity contribution >= 4 is 5.57 Å². The van der Waals surface area contributed by atoms with E-state index in [-0.39, 0.29) is 0 Å². The monoisotopic (exact) mass is 280 g/mol. The van der Waals surface area contributed by atoms with Crippen LogP contribution in [0.4, 0.5) is 0 Å². The van der Waals surface area contributed by atoms with E-state index in [2.05, 4.69) is 77.6 Å². The van der Waals surface area contributed by atoms with E-state index in [0.717, 1.165) is 6.42 Å². The summed E-state index contributed by atoms with van der Waals surface area (Å²) in [4.78, 5) is 0. The number of benzene rings is 1. The Morgan fingerprint density at radius 1 is 1.24 bits per heavy atom. The van der Waals surface area contributed by atoms with Crippen molar-refractivity contribution in [3.8, 4) is 0 Å². The largest absolute Gasteiger partial charge is 0.0993 e. The Kier molecular flexibility index (Phi) is 4.88. The minimum Gasteiger partial charge on any atom is -0.0993 e. The van der Waals surface area contributed by atoms with E-state index in [4.69, 9.17) is 0 Å². The van der Waals surface area contributed by atoms with Gasteiger partial charge in [-0.15, -0.1) is 0 Å². The molecule has 0 aliphatic heterocycles. The summed E-state index contributed by atoms with van der Waals surface area (Å²) in [5, 5.41) is 0. The second-order valence-corrected chi connectivity index (χ2v) is 6.65. The van der Waals surface area contributed by atoms with Crippen LogP contribution >= 0.6 is 0 Å². The number of allylic oxidation sites excluding steroid dienone is 5. The second-order valence-electron chi connectivity index (χ2n) is 6.65. The highest BCUT2D eigenvalue weighted by Crippen LogP contribution is 2.40. The molecule has 0 spiro atoms. The molecule has 112 valence electrons. The van der Waals surface area contributed by atoms with Gasteiger partial charge in [-0.3, -0.25) is 0 Å². The predicted molar refractivity (Wildman–Crippen MR) is 94.2 cm³/mol. The molecule has 0 heteroatoms. The first-order valence-electron chi connectivity index (χ1n) is 8.09. The normalized spacial score (nSPS) is 19.4. The molecule has 0 aromatic heterocycles. The quantitative estimate of drug-likeness (QED) is 0.564. The molecule has 0 heterocycles. The van der Waals surface area contributed by atoms with Crippen LogP contribution in [-0.2, 0) is 0 Å². The Hall–Kier alpha value is -1.56. The molecule has 0 fully saturated rings. The van der Waals surface area contributed by atoms with E-state index in [1.54, 1.807) is 0 Å². The molecule has 2 rings (SSSR count). The van der Waals surface area contributed by atoms with Gasteiger partial charge in [-0.25, -0.2) is 0 Å². The van der Waals surface area contributed by atoms with Gasteiger partial charge in [0, 0.05) is 5.92 Å². The fourth-order valence-electron chi connectivity index (χ4n) is 3.33. The van der Waals surface area contributed by atoms with E-state index in [0.29, 0.717) is 17.8 Å². The first kappa shape index (κ1) is 15.8. The molecule has 1 aromatic carbocycles. The lowest BCUT2D eigenvalue weighted by molar-refractivity contribution is 0.455. The zero-order valence-corrected chi connectivity index (χ0v) is 14.1. The van der Waals surface area contributed by atoms with E-state index >= 15 is 0 Å². The van der Waals surface area contributed by atoms with E-state index in [9.17, 15) is 0 Å². The number of rotatable bonds is 5. The standard InChI is InChI=1S/C21H28/c1-7-20(17(6)14(2)3)21-13-19(12-16(21)5)18-10-8-9-15(4)11-18/h8-14,20-21H,6-7H2,1-5H3. The van der Waals surface area contributed by atoms with E-state index in [1.165, 1.54) is 27.8 Å². The lowest BCUT2D eigenvalue weighted by Gasteiger charge is -2.27. The van der Waals surface area contributed by atoms with Gasteiger partial charge in [0.1, 0.15) is 0 Å². The summed E-state index contributed by atoms with van der Waals surface area (Å²) in [7, 11) is 0. The molecule has 0 saturated heterocycles. The molecule has 0 nitrogen and oxygen atoms in total. The molecule has 21 heavy (non-hydrogen) atoms. The van der Waals surface area contributed by atoms with Gasteiger partial charge < -0.3 is 0 Å². The van der Waals surface area contributed by atoms with Gasteiger partial charge in [0.25, 0.3) is 0 Å². The summed E-state index contributed by atoms with van der Waals surface area (Å²) < 4.78 is 0. The molecule has 1 aliphatic carbocycles. The van der Waals surface area contributed by atoms with Crippen LogP contribution in [0.1, 0.15) is 45.2 Å². The van der Waals surface area contributed by atoms with Crippen molar-refractivity contribution in [2.75, 3.05) is 0 Å². The first-order chi connectivity index (χ1) is 9.93. The Balaban J connectivity index is 2.31. The molecule has 0 N–H and O–H groups in total. The molecule has 1 aromatic rings. The molecular formula is C21H28. The van der Waals surface area contributed by atoms with Gasteiger partial charge in [0.2, 0.25) is 0 Å². The van der Waals surface area contributed by atoms with Crippen molar-refractivity contribution in [3.63, 3.8) is 0 Å². The average molecular weight is 280 g/mol. The van der Waals surface area contributed by atoms with Gasteiger partial charge in [0.05, 0.1) is 0 Å². The fourth-order valence-corrected chi connectivity index (χ4v) is 3.33. The molecule has 0 amide bonds. The van der Waals surface area contributed by atoms with Crippen molar-refractivity contribution in [2.24, 2.45) is 17.8 Å². The fraction of sp³-hybridized carbons (Fsp3) is 0.429. The second kappa shape index (κ2) is 6.47. The van der Waals surface area contributed by atoms with Crippen LogP contribution in [0.15, 0.2) is 54.1 Å². The molecule has 1 aliphatic rings. The van der Waals surface area contributed by atoms with Crippen LogP contribution in [-0.4, -0.2) is 0 Å². The smallest absolute Gasteiger partial charge is 0.00519 e. The average Bonchev–Trinajstić information content (AvgIpc) is 2.82. The highest BCUT2D eigenvalue weighted by molar-refractivity contribution is 5.78. The van der Waals surface area contributed by atoms with Crippen molar-refractivity contribution in [3.05, 3.63) is 65.3 Å².